The van der Waals surface area contributed by atoms with Gasteiger partial charge < -0.3 is 9.87 Å². The number of halogens is 4. The van der Waals surface area contributed by atoms with E-state index in [2.05, 4.69) is 5.32 Å². The molecule has 1 N–H and O–H groups in total. The Morgan fingerprint density at radius 3 is 2.39 bits per heavy atom. The Morgan fingerprint density at radius 2 is 1.83 bits per heavy atom. The van der Waals surface area contributed by atoms with Crippen molar-refractivity contribution in [3.8, 4) is 0 Å². The van der Waals surface area contributed by atoms with E-state index in [1.807, 2.05) is 0 Å². The molecular formula is C15H11ClF3NO2S. The SMILES string of the molecule is O=C(C[S+]([O-])c1cccc(Cl)c1)Nc1ccc(C(F)(F)F)cc1. The van der Waals surface area contributed by atoms with Gasteiger partial charge in [-0.05, 0) is 47.6 Å². The van der Waals surface area contributed by atoms with E-state index in [0.717, 1.165) is 24.3 Å². The lowest BCUT2D eigenvalue weighted by molar-refractivity contribution is -0.137. The van der Waals surface area contributed by atoms with Gasteiger partial charge in [0.15, 0.2) is 10.6 Å². The minimum Gasteiger partial charge on any atom is -0.611 e. The second-order valence-electron chi connectivity index (χ2n) is 4.57. The minimum atomic E-state index is -4.43. The summed E-state index contributed by atoms with van der Waals surface area (Å²) in [5.74, 6) is -0.885. The van der Waals surface area contributed by atoms with Crippen molar-refractivity contribution in [2.45, 2.75) is 11.1 Å². The van der Waals surface area contributed by atoms with Crippen LogP contribution in [0.1, 0.15) is 5.56 Å². The molecule has 8 heteroatoms. The Hall–Kier alpha value is -1.70. The Morgan fingerprint density at radius 1 is 1.17 bits per heavy atom. The van der Waals surface area contributed by atoms with Crippen LogP contribution in [0.4, 0.5) is 18.9 Å². The molecule has 23 heavy (non-hydrogen) atoms. The molecule has 0 saturated carbocycles. The van der Waals surface area contributed by atoms with E-state index in [1.54, 1.807) is 18.2 Å². The van der Waals surface area contributed by atoms with Crippen LogP contribution in [-0.4, -0.2) is 16.2 Å². The van der Waals surface area contributed by atoms with Crippen molar-refractivity contribution >= 4 is 34.4 Å². The highest BCUT2D eigenvalue weighted by molar-refractivity contribution is 7.92. The van der Waals surface area contributed by atoms with Crippen molar-refractivity contribution in [1.82, 2.24) is 0 Å². The molecule has 2 aromatic carbocycles. The van der Waals surface area contributed by atoms with Crippen LogP contribution < -0.4 is 5.32 Å². The maximum Gasteiger partial charge on any atom is 0.416 e. The molecule has 0 fully saturated rings. The molecular weight excluding hydrogens is 351 g/mol. The first-order chi connectivity index (χ1) is 10.8. The molecule has 0 aliphatic heterocycles. The smallest absolute Gasteiger partial charge is 0.416 e. The molecule has 1 amide bonds. The molecule has 0 aliphatic rings. The van der Waals surface area contributed by atoms with Crippen LogP contribution >= 0.6 is 11.6 Å². The molecule has 0 aliphatic carbocycles. The summed E-state index contributed by atoms with van der Waals surface area (Å²) >= 11 is 4.19. The Bertz CT molecular complexity index is 692. The molecule has 0 bridgehead atoms. The summed E-state index contributed by atoms with van der Waals surface area (Å²) in [4.78, 5) is 12.2. The van der Waals surface area contributed by atoms with Gasteiger partial charge in [0.1, 0.15) is 0 Å². The fourth-order valence-corrected chi connectivity index (χ4v) is 2.97. The maximum atomic E-state index is 12.4. The van der Waals surface area contributed by atoms with Crippen LogP contribution in [0.2, 0.25) is 5.02 Å². The number of hydrogen-bond acceptors (Lipinski definition) is 2. The number of amides is 1. The first kappa shape index (κ1) is 17.7. The fraction of sp³-hybridized carbons (Fsp3) is 0.133. The highest BCUT2D eigenvalue weighted by Crippen LogP contribution is 2.29. The van der Waals surface area contributed by atoms with Crippen LogP contribution in [0.15, 0.2) is 53.4 Å². The van der Waals surface area contributed by atoms with E-state index < -0.39 is 28.8 Å². The second kappa shape index (κ2) is 7.25. The lowest BCUT2D eigenvalue weighted by atomic mass is 10.2. The van der Waals surface area contributed by atoms with Crippen LogP contribution in [0.25, 0.3) is 0 Å². The zero-order chi connectivity index (χ0) is 17.0. The van der Waals surface area contributed by atoms with Crippen molar-refractivity contribution in [2.24, 2.45) is 0 Å². The van der Waals surface area contributed by atoms with Gasteiger partial charge in [0, 0.05) is 16.8 Å². The molecule has 2 rings (SSSR count). The van der Waals surface area contributed by atoms with E-state index in [9.17, 15) is 22.5 Å². The first-order valence-corrected chi connectivity index (χ1v) is 8.06. The fourth-order valence-electron chi connectivity index (χ4n) is 1.75. The van der Waals surface area contributed by atoms with E-state index in [-0.39, 0.29) is 11.4 Å². The summed E-state index contributed by atoms with van der Waals surface area (Å²) < 4.78 is 49.3. The van der Waals surface area contributed by atoms with Gasteiger partial charge in [0.05, 0.1) is 5.56 Å². The van der Waals surface area contributed by atoms with Crippen LogP contribution in [-0.2, 0) is 22.1 Å². The third kappa shape index (κ3) is 5.16. The third-order valence-electron chi connectivity index (χ3n) is 2.82. The first-order valence-electron chi connectivity index (χ1n) is 6.37. The predicted molar refractivity (Wildman–Crippen MR) is 82.8 cm³/mol. The molecule has 0 aromatic heterocycles. The summed E-state index contributed by atoms with van der Waals surface area (Å²) in [7, 11) is 0. The summed E-state index contributed by atoms with van der Waals surface area (Å²) in [5.41, 5.74) is -0.607. The van der Waals surface area contributed by atoms with Gasteiger partial charge in [-0.2, -0.15) is 13.2 Å². The zero-order valence-electron chi connectivity index (χ0n) is 11.6. The number of anilines is 1. The van der Waals surface area contributed by atoms with Crippen molar-refractivity contribution < 1.29 is 22.5 Å². The van der Waals surface area contributed by atoms with Gasteiger partial charge in [0.25, 0.3) is 5.91 Å². The predicted octanol–water partition coefficient (Wildman–Crippen LogP) is 4.11. The standard InChI is InChI=1S/C15H11ClF3NO2S/c16-11-2-1-3-13(8-11)23(22)9-14(21)20-12-6-4-10(5-7-12)15(17,18)19/h1-8H,9H2,(H,20,21). The summed E-state index contributed by atoms with van der Waals surface area (Å²) in [6.07, 6.45) is -4.43. The second-order valence-corrected chi connectivity index (χ2v) is 6.46. The Kier molecular flexibility index (Phi) is 5.56. The molecule has 1 atom stereocenters. The van der Waals surface area contributed by atoms with Gasteiger partial charge in [-0.3, -0.25) is 4.79 Å². The van der Waals surface area contributed by atoms with Gasteiger partial charge in [-0.25, -0.2) is 0 Å². The topological polar surface area (TPSA) is 52.2 Å². The molecule has 0 spiro atoms. The average Bonchev–Trinajstić information content (AvgIpc) is 2.46. The monoisotopic (exact) mass is 361 g/mol. The third-order valence-corrected chi connectivity index (χ3v) is 4.36. The summed E-state index contributed by atoms with van der Waals surface area (Å²) in [6, 6.07) is 10.3. The molecule has 3 nitrogen and oxygen atoms in total. The Balaban J connectivity index is 1.97. The largest absolute Gasteiger partial charge is 0.611 e. The molecule has 2 aromatic rings. The molecule has 0 heterocycles. The van der Waals surface area contributed by atoms with Gasteiger partial charge >= 0.3 is 6.18 Å². The number of nitrogens with one attached hydrogen (secondary N) is 1. The molecule has 0 saturated heterocycles. The van der Waals surface area contributed by atoms with Crippen molar-refractivity contribution in [1.29, 1.82) is 0 Å². The van der Waals surface area contributed by atoms with Crippen molar-refractivity contribution in [2.75, 3.05) is 11.1 Å². The number of rotatable bonds is 4. The number of hydrogen-bond donors (Lipinski definition) is 1. The van der Waals surface area contributed by atoms with Gasteiger partial charge in [0.2, 0.25) is 0 Å². The quantitative estimate of drug-likeness (QED) is 0.833. The molecule has 0 radical (unpaired) electrons. The van der Waals surface area contributed by atoms with E-state index in [1.165, 1.54) is 6.07 Å². The van der Waals surface area contributed by atoms with E-state index in [0.29, 0.717) is 9.92 Å². The van der Waals surface area contributed by atoms with Crippen LogP contribution in [0.3, 0.4) is 0 Å². The highest BCUT2D eigenvalue weighted by Gasteiger charge is 2.30. The average molecular weight is 362 g/mol. The number of benzene rings is 2. The van der Waals surface area contributed by atoms with E-state index >= 15 is 0 Å². The Labute approximate surface area is 138 Å². The van der Waals surface area contributed by atoms with Crippen LogP contribution in [0.5, 0.6) is 0 Å². The minimum absolute atomic E-state index is 0.200. The summed E-state index contributed by atoms with van der Waals surface area (Å²) in [6.45, 7) is 0. The lowest BCUT2D eigenvalue weighted by Crippen LogP contribution is -2.23. The van der Waals surface area contributed by atoms with Crippen LogP contribution in [0, 0.1) is 0 Å². The molecule has 122 valence electrons. The highest BCUT2D eigenvalue weighted by atomic mass is 35.5. The van der Waals surface area contributed by atoms with Gasteiger partial charge in [-0.1, -0.05) is 17.7 Å². The normalized spacial score (nSPS) is 12.7. The number of carbonyl (C=O) groups excluding carboxylic acids is 1. The zero-order valence-corrected chi connectivity index (χ0v) is 13.1. The maximum absolute atomic E-state index is 12.4. The van der Waals surface area contributed by atoms with Gasteiger partial charge in [-0.15, -0.1) is 0 Å². The van der Waals surface area contributed by atoms with E-state index in [4.69, 9.17) is 11.6 Å². The number of carbonyl (C=O) groups is 1. The lowest BCUT2D eigenvalue weighted by Gasteiger charge is -2.11. The molecule has 1 unspecified atom stereocenters. The number of alkyl halides is 3. The van der Waals surface area contributed by atoms with Crippen molar-refractivity contribution in [3.63, 3.8) is 0 Å². The summed E-state index contributed by atoms with van der Waals surface area (Å²) in [5, 5.41) is 2.81. The van der Waals surface area contributed by atoms with Crippen molar-refractivity contribution in [3.05, 3.63) is 59.1 Å².